The fourth-order valence-electron chi connectivity index (χ4n) is 3.96. The molecule has 0 saturated carbocycles. The van der Waals surface area contributed by atoms with Gasteiger partial charge in [0.05, 0.1) is 0 Å². The van der Waals surface area contributed by atoms with Gasteiger partial charge in [-0.3, -0.25) is 4.90 Å². The van der Waals surface area contributed by atoms with Crippen molar-refractivity contribution in [3.63, 3.8) is 0 Å². The van der Waals surface area contributed by atoms with Crippen LogP contribution in [-0.2, 0) is 13.0 Å². The molecule has 132 valence electrons. The lowest BCUT2D eigenvalue weighted by molar-refractivity contribution is 0.0410. The molecular weight excluding hydrogens is 314 g/mol. The Bertz CT molecular complexity index is 708. The molecular formula is C21H25NO3. The molecule has 1 fully saturated rings. The van der Waals surface area contributed by atoms with E-state index >= 15 is 0 Å². The van der Waals surface area contributed by atoms with Crippen LogP contribution in [0, 0.1) is 5.41 Å². The third-order valence-electron chi connectivity index (χ3n) is 5.55. The number of nitrogens with zero attached hydrogens (tertiary/aromatic N) is 1. The average molecular weight is 339 g/mol. The molecule has 1 N–H and O–H groups in total. The van der Waals surface area contributed by atoms with Crippen LogP contribution in [0.4, 0.5) is 0 Å². The van der Waals surface area contributed by atoms with Crippen molar-refractivity contribution in [3.05, 3.63) is 59.7 Å². The predicted octanol–water partition coefficient (Wildman–Crippen LogP) is 3.23. The van der Waals surface area contributed by atoms with E-state index in [1.54, 1.807) is 0 Å². The number of rotatable bonds is 5. The van der Waals surface area contributed by atoms with E-state index in [-0.39, 0.29) is 12.0 Å². The molecule has 2 heterocycles. The minimum absolute atomic E-state index is 0.0100. The van der Waals surface area contributed by atoms with Crippen molar-refractivity contribution in [2.24, 2.45) is 5.41 Å². The number of piperidine rings is 1. The van der Waals surface area contributed by atoms with E-state index in [4.69, 9.17) is 9.47 Å². The third-order valence-corrected chi connectivity index (χ3v) is 5.55. The van der Waals surface area contributed by atoms with E-state index < -0.39 is 0 Å². The first kappa shape index (κ1) is 16.4. The van der Waals surface area contributed by atoms with Gasteiger partial charge in [-0.2, -0.15) is 0 Å². The molecule has 0 amide bonds. The Hall–Kier alpha value is -2.04. The Kier molecular flexibility index (Phi) is 4.64. The minimum Gasteiger partial charge on any atom is -0.454 e. The zero-order chi connectivity index (χ0) is 17.1. The van der Waals surface area contributed by atoms with Crippen LogP contribution < -0.4 is 9.47 Å². The van der Waals surface area contributed by atoms with Gasteiger partial charge in [-0.15, -0.1) is 0 Å². The second-order valence-electron chi connectivity index (χ2n) is 7.25. The van der Waals surface area contributed by atoms with E-state index in [1.807, 2.05) is 18.2 Å². The predicted molar refractivity (Wildman–Crippen MR) is 96.7 cm³/mol. The van der Waals surface area contributed by atoms with Gasteiger partial charge in [0.1, 0.15) is 0 Å². The van der Waals surface area contributed by atoms with Crippen molar-refractivity contribution in [1.82, 2.24) is 4.90 Å². The van der Waals surface area contributed by atoms with E-state index in [2.05, 4.69) is 35.2 Å². The Morgan fingerprint density at radius 3 is 2.52 bits per heavy atom. The summed E-state index contributed by atoms with van der Waals surface area (Å²) in [6.07, 6.45) is 2.99. The SMILES string of the molecule is OCC1(Cc2ccccc2)CCN(Cc2cccc3c2OCO3)CC1. The van der Waals surface area contributed by atoms with E-state index in [0.29, 0.717) is 6.79 Å². The number of fused-ring (bicyclic) bond motifs is 1. The lowest BCUT2D eigenvalue weighted by Gasteiger charge is -2.41. The molecule has 0 atom stereocenters. The van der Waals surface area contributed by atoms with Crippen LogP contribution in [0.3, 0.4) is 0 Å². The first-order valence-corrected chi connectivity index (χ1v) is 9.03. The van der Waals surface area contributed by atoms with Crippen LogP contribution in [0.2, 0.25) is 0 Å². The highest BCUT2D eigenvalue weighted by atomic mass is 16.7. The molecule has 0 spiro atoms. The first-order chi connectivity index (χ1) is 12.3. The highest BCUT2D eigenvalue weighted by Crippen LogP contribution is 2.38. The summed E-state index contributed by atoms with van der Waals surface area (Å²) in [6.45, 7) is 3.44. The van der Waals surface area contributed by atoms with Crippen molar-refractivity contribution in [2.75, 3.05) is 26.5 Å². The van der Waals surface area contributed by atoms with Crippen molar-refractivity contribution in [3.8, 4) is 11.5 Å². The average Bonchev–Trinajstić information content (AvgIpc) is 3.14. The molecule has 0 aromatic heterocycles. The maximum Gasteiger partial charge on any atom is 0.231 e. The minimum atomic E-state index is 0.0100. The zero-order valence-corrected chi connectivity index (χ0v) is 14.5. The Labute approximate surface area is 149 Å². The topological polar surface area (TPSA) is 41.9 Å². The second-order valence-corrected chi connectivity index (χ2v) is 7.25. The van der Waals surface area contributed by atoms with Crippen molar-refractivity contribution in [1.29, 1.82) is 0 Å². The smallest absolute Gasteiger partial charge is 0.231 e. The number of benzene rings is 2. The summed E-state index contributed by atoms with van der Waals surface area (Å²) in [5, 5.41) is 10.1. The van der Waals surface area contributed by atoms with Crippen LogP contribution in [-0.4, -0.2) is 36.5 Å². The number of hydrogen-bond acceptors (Lipinski definition) is 4. The summed E-state index contributed by atoms with van der Waals surface area (Å²) in [4.78, 5) is 2.45. The van der Waals surface area contributed by atoms with Gasteiger partial charge in [-0.1, -0.05) is 42.5 Å². The molecule has 25 heavy (non-hydrogen) atoms. The van der Waals surface area contributed by atoms with Gasteiger partial charge in [0.15, 0.2) is 11.5 Å². The van der Waals surface area contributed by atoms with Crippen molar-refractivity contribution < 1.29 is 14.6 Å². The van der Waals surface area contributed by atoms with Crippen molar-refractivity contribution in [2.45, 2.75) is 25.8 Å². The largest absolute Gasteiger partial charge is 0.454 e. The maximum absolute atomic E-state index is 10.1. The lowest BCUT2D eigenvalue weighted by Crippen LogP contribution is -2.42. The molecule has 4 nitrogen and oxygen atoms in total. The summed E-state index contributed by atoms with van der Waals surface area (Å²) in [6, 6.07) is 16.6. The molecule has 1 saturated heterocycles. The summed E-state index contributed by atoms with van der Waals surface area (Å²) >= 11 is 0. The molecule has 2 aliphatic rings. The number of aliphatic hydroxyl groups excluding tert-OH is 1. The van der Waals surface area contributed by atoms with E-state index in [0.717, 1.165) is 50.4 Å². The second kappa shape index (κ2) is 7.06. The van der Waals surface area contributed by atoms with Crippen LogP contribution in [0.1, 0.15) is 24.0 Å². The van der Waals surface area contributed by atoms with Gasteiger partial charge < -0.3 is 14.6 Å². The number of para-hydroxylation sites is 1. The monoisotopic (exact) mass is 339 g/mol. The van der Waals surface area contributed by atoms with Gasteiger partial charge in [0.2, 0.25) is 6.79 Å². The quantitative estimate of drug-likeness (QED) is 0.908. The Balaban J connectivity index is 1.40. The third kappa shape index (κ3) is 3.51. The van der Waals surface area contributed by atoms with Crippen LogP contribution >= 0.6 is 0 Å². The number of ether oxygens (including phenoxy) is 2. The highest BCUT2D eigenvalue weighted by molar-refractivity contribution is 5.48. The van der Waals surface area contributed by atoms with Gasteiger partial charge in [0, 0.05) is 18.7 Å². The Morgan fingerprint density at radius 1 is 0.960 bits per heavy atom. The molecule has 0 aliphatic carbocycles. The molecule has 2 aromatic carbocycles. The molecule has 2 aromatic rings. The number of likely N-dealkylation sites (tertiary alicyclic amines) is 1. The maximum atomic E-state index is 10.1. The standard InChI is InChI=1S/C21H25NO3/c23-15-21(13-17-5-2-1-3-6-17)9-11-22(12-10-21)14-18-7-4-8-19-20(18)25-16-24-19/h1-8,23H,9-16H2. The molecule has 0 radical (unpaired) electrons. The molecule has 0 bridgehead atoms. The van der Waals surface area contributed by atoms with Crippen molar-refractivity contribution >= 4 is 0 Å². The van der Waals surface area contributed by atoms with Gasteiger partial charge in [-0.05, 0) is 49.4 Å². The zero-order valence-electron chi connectivity index (χ0n) is 14.5. The summed E-state index contributed by atoms with van der Waals surface area (Å²) in [5.41, 5.74) is 2.52. The van der Waals surface area contributed by atoms with Crippen LogP contribution in [0.25, 0.3) is 0 Å². The summed E-state index contributed by atoms with van der Waals surface area (Å²) in [7, 11) is 0. The number of aliphatic hydroxyl groups is 1. The van der Waals surface area contributed by atoms with Gasteiger partial charge in [-0.25, -0.2) is 0 Å². The van der Waals surface area contributed by atoms with Crippen LogP contribution in [0.5, 0.6) is 11.5 Å². The molecule has 2 aliphatic heterocycles. The normalized spacial score (nSPS) is 19.1. The first-order valence-electron chi connectivity index (χ1n) is 9.03. The molecule has 4 heteroatoms. The molecule has 4 rings (SSSR count). The van der Waals surface area contributed by atoms with Crippen LogP contribution in [0.15, 0.2) is 48.5 Å². The molecule has 0 unspecified atom stereocenters. The van der Waals surface area contributed by atoms with Gasteiger partial charge >= 0.3 is 0 Å². The van der Waals surface area contributed by atoms with Gasteiger partial charge in [0.25, 0.3) is 0 Å². The summed E-state index contributed by atoms with van der Waals surface area (Å²) in [5.74, 6) is 1.74. The lowest BCUT2D eigenvalue weighted by atomic mass is 9.74. The number of hydrogen-bond donors (Lipinski definition) is 1. The van der Waals surface area contributed by atoms with E-state index in [9.17, 15) is 5.11 Å². The fourth-order valence-corrected chi connectivity index (χ4v) is 3.96. The fraction of sp³-hybridized carbons (Fsp3) is 0.429. The Morgan fingerprint density at radius 2 is 1.76 bits per heavy atom. The highest BCUT2D eigenvalue weighted by Gasteiger charge is 2.34. The van der Waals surface area contributed by atoms with E-state index in [1.165, 1.54) is 11.1 Å². The summed E-state index contributed by atoms with van der Waals surface area (Å²) < 4.78 is 11.1.